The average molecular weight is 180 g/mol. The molecule has 3 heteroatoms. The number of hydrogen-bond donors (Lipinski definition) is 1. The summed E-state index contributed by atoms with van der Waals surface area (Å²) < 4.78 is 10.9. The van der Waals surface area contributed by atoms with E-state index in [0.717, 1.165) is 5.75 Å². The molecule has 1 aliphatic rings. The Labute approximate surface area is 76.9 Å². The molecule has 2 rings (SSSR count). The van der Waals surface area contributed by atoms with Crippen LogP contribution in [-0.2, 0) is 0 Å². The van der Waals surface area contributed by atoms with Crippen LogP contribution >= 0.6 is 0 Å². The zero-order valence-electron chi connectivity index (χ0n) is 7.43. The molecule has 1 aromatic rings. The van der Waals surface area contributed by atoms with E-state index in [1.807, 2.05) is 24.3 Å². The van der Waals surface area contributed by atoms with Crippen LogP contribution in [0.1, 0.15) is 6.92 Å². The molecular formula is C10H12O3. The minimum Gasteiger partial charge on any atom is -0.486 e. The third kappa shape index (κ3) is 1.60. The highest BCUT2D eigenvalue weighted by atomic mass is 16.6. The maximum Gasteiger partial charge on any atom is 0.161 e. The van der Waals surface area contributed by atoms with Gasteiger partial charge in [-0.25, -0.2) is 0 Å². The summed E-state index contributed by atoms with van der Waals surface area (Å²) in [5.41, 5.74) is 0. The highest BCUT2D eigenvalue weighted by Crippen LogP contribution is 2.31. The molecular weight excluding hydrogens is 168 g/mol. The van der Waals surface area contributed by atoms with Crippen molar-refractivity contribution in [1.82, 2.24) is 0 Å². The Hall–Kier alpha value is -1.22. The summed E-state index contributed by atoms with van der Waals surface area (Å²) >= 11 is 0. The van der Waals surface area contributed by atoms with E-state index in [2.05, 4.69) is 0 Å². The van der Waals surface area contributed by atoms with Gasteiger partial charge in [0.25, 0.3) is 0 Å². The molecule has 2 atom stereocenters. The molecule has 0 radical (unpaired) electrons. The summed E-state index contributed by atoms with van der Waals surface area (Å²) in [7, 11) is 0. The molecule has 1 heterocycles. The number of hydrogen-bond acceptors (Lipinski definition) is 3. The number of aliphatic hydroxyl groups is 1. The van der Waals surface area contributed by atoms with Crippen LogP contribution in [0.25, 0.3) is 0 Å². The van der Waals surface area contributed by atoms with E-state index in [4.69, 9.17) is 9.47 Å². The standard InChI is InChI=1S/C10H12O3/c1-7(11)10-6-12-8-4-2-3-5-9(8)13-10/h2-5,7,10-11H,6H2,1H3/t7-,10+/m1/s1. The van der Waals surface area contributed by atoms with Crippen molar-refractivity contribution < 1.29 is 14.6 Å². The molecule has 0 saturated heterocycles. The first kappa shape index (κ1) is 8.38. The van der Waals surface area contributed by atoms with Crippen LogP contribution < -0.4 is 9.47 Å². The van der Waals surface area contributed by atoms with Crippen LogP contribution in [0.15, 0.2) is 24.3 Å². The molecule has 0 bridgehead atoms. The fourth-order valence-electron chi connectivity index (χ4n) is 1.27. The Bertz CT molecular complexity index is 296. The van der Waals surface area contributed by atoms with E-state index in [1.165, 1.54) is 0 Å². The second kappa shape index (κ2) is 3.26. The van der Waals surface area contributed by atoms with Crippen molar-refractivity contribution in [2.24, 2.45) is 0 Å². The molecule has 1 aromatic carbocycles. The molecule has 3 nitrogen and oxygen atoms in total. The van der Waals surface area contributed by atoms with E-state index in [0.29, 0.717) is 12.4 Å². The van der Waals surface area contributed by atoms with Gasteiger partial charge in [-0.15, -0.1) is 0 Å². The predicted octanol–water partition coefficient (Wildman–Crippen LogP) is 1.21. The van der Waals surface area contributed by atoms with E-state index < -0.39 is 6.10 Å². The summed E-state index contributed by atoms with van der Waals surface area (Å²) in [6.45, 7) is 2.11. The van der Waals surface area contributed by atoms with Crippen LogP contribution in [0.4, 0.5) is 0 Å². The second-order valence-corrected chi connectivity index (χ2v) is 3.15. The monoisotopic (exact) mass is 180 g/mol. The lowest BCUT2D eigenvalue weighted by molar-refractivity contribution is -0.000781. The van der Waals surface area contributed by atoms with E-state index in [1.54, 1.807) is 6.92 Å². The quantitative estimate of drug-likeness (QED) is 0.706. The minimum atomic E-state index is -0.506. The SMILES string of the molecule is C[C@@H](O)[C@@H]1COc2ccccc2O1. The lowest BCUT2D eigenvalue weighted by Crippen LogP contribution is -2.37. The molecule has 0 spiro atoms. The number of aliphatic hydroxyl groups excluding tert-OH is 1. The van der Waals surface area contributed by atoms with Crippen LogP contribution in [0.2, 0.25) is 0 Å². The highest BCUT2D eigenvalue weighted by Gasteiger charge is 2.24. The third-order valence-electron chi connectivity index (χ3n) is 2.07. The Morgan fingerprint density at radius 2 is 2.08 bits per heavy atom. The van der Waals surface area contributed by atoms with Gasteiger partial charge in [0, 0.05) is 0 Å². The van der Waals surface area contributed by atoms with Gasteiger partial charge in [-0.1, -0.05) is 12.1 Å². The second-order valence-electron chi connectivity index (χ2n) is 3.15. The van der Waals surface area contributed by atoms with Gasteiger partial charge in [0.05, 0.1) is 6.10 Å². The van der Waals surface area contributed by atoms with Gasteiger partial charge >= 0.3 is 0 Å². The molecule has 0 amide bonds. The summed E-state index contributed by atoms with van der Waals surface area (Å²) in [4.78, 5) is 0. The predicted molar refractivity (Wildman–Crippen MR) is 48.0 cm³/mol. The number of rotatable bonds is 1. The highest BCUT2D eigenvalue weighted by molar-refractivity contribution is 5.40. The van der Waals surface area contributed by atoms with Crippen LogP contribution in [0.3, 0.4) is 0 Å². The molecule has 70 valence electrons. The minimum absolute atomic E-state index is 0.255. The first-order chi connectivity index (χ1) is 6.27. The fraction of sp³-hybridized carbons (Fsp3) is 0.400. The van der Waals surface area contributed by atoms with Gasteiger partial charge in [0.15, 0.2) is 17.6 Å². The first-order valence-corrected chi connectivity index (χ1v) is 4.34. The van der Waals surface area contributed by atoms with Gasteiger partial charge in [0.2, 0.25) is 0 Å². The summed E-state index contributed by atoms with van der Waals surface area (Å²) in [5, 5.41) is 9.30. The maximum absolute atomic E-state index is 9.30. The smallest absolute Gasteiger partial charge is 0.161 e. The van der Waals surface area contributed by atoms with Crippen molar-refractivity contribution in [1.29, 1.82) is 0 Å². The topological polar surface area (TPSA) is 38.7 Å². The molecule has 0 saturated carbocycles. The van der Waals surface area contributed by atoms with E-state index in [9.17, 15) is 5.11 Å². The van der Waals surface area contributed by atoms with Gasteiger partial charge in [-0.05, 0) is 19.1 Å². The van der Waals surface area contributed by atoms with E-state index in [-0.39, 0.29) is 6.10 Å². The van der Waals surface area contributed by atoms with Crippen LogP contribution in [-0.4, -0.2) is 23.9 Å². The Kier molecular flexibility index (Phi) is 2.10. The average Bonchev–Trinajstić information content (AvgIpc) is 2.17. The number of fused-ring (bicyclic) bond motifs is 1. The lowest BCUT2D eigenvalue weighted by atomic mass is 10.2. The molecule has 0 aliphatic carbocycles. The summed E-state index contributed by atoms with van der Waals surface area (Å²) in [6.07, 6.45) is -0.761. The normalized spacial score (nSPS) is 22.5. The number of ether oxygens (including phenoxy) is 2. The van der Waals surface area contributed by atoms with E-state index >= 15 is 0 Å². The molecule has 1 N–H and O–H groups in total. The van der Waals surface area contributed by atoms with Crippen molar-refractivity contribution in [3.8, 4) is 11.5 Å². The zero-order chi connectivity index (χ0) is 9.26. The Morgan fingerprint density at radius 1 is 1.38 bits per heavy atom. The molecule has 0 unspecified atom stereocenters. The molecule has 1 aliphatic heterocycles. The third-order valence-corrected chi connectivity index (χ3v) is 2.07. The summed E-state index contributed by atoms with van der Waals surface area (Å²) in [6, 6.07) is 7.47. The first-order valence-electron chi connectivity index (χ1n) is 4.34. The maximum atomic E-state index is 9.30. The lowest BCUT2D eigenvalue weighted by Gasteiger charge is -2.27. The summed E-state index contributed by atoms with van der Waals surface area (Å²) in [5.74, 6) is 1.46. The van der Waals surface area contributed by atoms with Gasteiger partial charge < -0.3 is 14.6 Å². The largest absolute Gasteiger partial charge is 0.486 e. The van der Waals surface area contributed by atoms with Crippen molar-refractivity contribution in [3.63, 3.8) is 0 Å². The Balaban J connectivity index is 2.20. The van der Waals surface area contributed by atoms with Crippen molar-refractivity contribution >= 4 is 0 Å². The molecule has 13 heavy (non-hydrogen) atoms. The van der Waals surface area contributed by atoms with Crippen molar-refractivity contribution in [2.75, 3.05) is 6.61 Å². The van der Waals surface area contributed by atoms with Gasteiger partial charge in [-0.2, -0.15) is 0 Å². The number of benzene rings is 1. The molecule has 0 aromatic heterocycles. The zero-order valence-corrected chi connectivity index (χ0v) is 7.43. The van der Waals surface area contributed by atoms with Crippen molar-refractivity contribution in [2.45, 2.75) is 19.1 Å². The Morgan fingerprint density at radius 3 is 2.77 bits per heavy atom. The van der Waals surface area contributed by atoms with Gasteiger partial charge in [0.1, 0.15) is 6.61 Å². The number of para-hydroxylation sites is 2. The van der Waals surface area contributed by atoms with Gasteiger partial charge in [-0.3, -0.25) is 0 Å². The van der Waals surface area contributed by atoms with Crippen LogP contribution in [0, 0.1) is 0 Å². The van der Waals surface area contributed by atoms with Crippen LogP contribution in [0.5, 0.6) is 11.5 Å². The molecule has 0 fully saturated rings. The van der Waals surface area contributed by atoms with Crippen molar-refractivity contribution in [3.05, 3.63) is 24.3 Å². The fourth-order valence-corrected chi connectivity index (χ4v) is 1.27.